The molecule has 0 radical (unpaired) electrons. The monoisotopic (exact) mass is 239 g/mol. The maximum absolute atomic E-state index is 11.2. The fourth-order valence-electron chi connectivity index (χ4n) is 3.61. The lowest BCUT2D eigenvalue weighted by Gasteiger charge is -2.49. The molecule has 0 aromatic rings. The largest absolute Gasteiger partial charge is 0.481 e. The van der Waals surface area contributed by atoms with Crippen molar-refractivity contribution < 1.29 is 9.90 Å². The maximum atomic E-state index is 11.2. The number of rotatable bonds is 5. The zero-order valence-electron chi connectivity index (χ0n) is 11.1. The molecule has 2 aliphatic rings. The lowest BCUT2D eigenvalue weighted by molar-refractivity contribution is -0.144. The van der Waals surface area contributed by atoms with Gasteiger partial charge < -0.3 is 10.0 Å². The van der Waals surface area contributed by atoms with E-state index in [1.807, 2.05) is 0 Å². The summed E-state index contributed by atoms with van der Waals surface area (Å²) in [6, 6.07) is 0. The van der Waals surface area contributed by atoms with Crippen LogP contribution >= 0.6 is 0 Å². The summed E-state index contributed by atoms with van der Waals surface area (Å²) in [5, 5.41) is 9.22. The van der Waals surface area contributed by atoms with E-state index in [2.05, 4.69) is 18.7 Å². The van der Waals surface area contributed by atoms with Gasteiger partial charge in [0.1, 0.15) is 0 Å². The number of hydrogen-bond acceptors (Lipinski definition) is 2. The highest BCUT2D eigenvalue weighted by atomic mass is 16.4. The first-order valence-electron chi connectivity index (χ1n) is 6.96. The number of carboxylic acid groups (broad SMARTS) is 1. The second-order valence-corrected chi connectivity index (χ2v) is 6.54. The van der Waals surface area contributed by atoms with Crippen molar-refractivity contribution in [1.82, 2.24) is 4.90 Å². The summed E-state index contributed by atoms with van der Waals surface area (Å²) < 4.78 is 0. The molecule has 0 bridgehead atoms. The van der Waals surface area contributed by atoms with Gasteiger partial charge in [-0.15, -0.1) is 0 Å². The number of aliphatic carboxylic acids is 1. The maximum Gasteiger partial charge on any atom is 0.307 e. The minimum atomic E-state index is -0.619. The second-order valence-electron chi connectivity index (χ2n) is 6.54. The van der Waals surface area contributed by atoms with Crippen molar-refractivity contribution in [1.29, 1.82) is 0 Å². The van der Waals surface area contributed by atoms with Crippen molar-refractivity contribution in [2.24, 2.45) is 17.3 Å². The molecule has 17 heavy (non-hydrogen) atoms. The average molecular weight is 239 g/mol. The molecule has 98 valence electrons. The standard InChI is InChI=1S/C14H25NO2/c1-11(2)7-12(13(16)17)8-15-9-14(10-15)5-3-4-6-14/h11-12H,3-10H2,1-2H3,(H,16,17). The minimum Gasteiger partial charge on any atom is -0.481 e. The Morgan fingerprint density at radius 3 is 2.35 bits per heavy atom. The SMILES string of the molecule is CC(C)CC(CN1CC2(CCCC2)C1)C(=O)O. The van der Waals surface area contributed by atoms with Crippen molar-refractivity contribution in [3.05, 3.63) is 0 Å². The summed E-state index contributed by atoms with van der Waals surface area (Å²) in [6.07, 6.45) is 6.29. The van der Waals surface area contributed by atoms with Crippen molar-refractivity contribution in [2.45, 2.75) is 46.0 Å². The fraction of sp³-hybridized carbons (Fsp3) is 0.929. The van der Waals surface area contributed by atoms with Crippen LogP contribution in [0.4, 0.5) is 0 Å². The van der Waals surface area contributed by atoms with Crippen LogP contribution in [0.15, 0.2) is 0 Å². The molecular weight excluding hydrogens is 214 g/mol. The number of hydrogen-bond donors (Lipinski definition) is 1. The van der Waals surface area contributed by atoms with E-state index in [1.165, 1.54) is 25.7 Å². The summed E-state index contributed by atoms with van der Waals surface area (Å²) in [7, 11) is 0. The third kappa shape index (κ3) is 3.01. The molecule has 1 heterocycles. The first-order chi connectivity index (χ1) is 8.01. The zero-order valence-corrected chi connectivity index (χ0v) is 11.1. The van der Waals surface area contributed by atoms with Gasteiger partial charge >= 0.3 is 5.97 Å². The Bertz CT molecular complexity index is 274. The van der Waals surface area contributed by atoms with E-state index in [4.69, 9.17) is 0 Å². The van der Waals surface area contributed by atoms with Gasteiger partial charge in [-0.2, -0.15) is 0 Å². The second kappa shape index (κ2) is 4.97. The van der Waals surface area contributed by atoms with Crippen LogP contribution in [0.3, 0.4) is 0 Å². The lowest BCUT2D eigenvalue weighted by Crippen LogP contribution is -2.56. The smallest absolute Gasteiger partial charge is 0.307 e. The Kier molecular flexibility index (Phi) is 3.76. The summed E-state index contributed by atoms with van der Waals surface area (Å²) in [6.45, 7) is 7.26. The number of nitrogens with zero attached hydrogens (tertiary/aromatic N) is 1. The molecular formula is C14H25NO2. The van der Waals surface area contributed by atoms with Crippen molar-refractivity contribution >= 4 is 5.97 Å². The molecule has 0 aromatic heterocycles. The minimum absolute atomic E-state index is 0.172. The summed E-state index contributed by atoms with van der Waals surface area (Å²) in [4.78, 5) is 13.6. The van der Waals surface area contributed by atoms with Crippen molar-refractivity contribution in [2.75, 3.05) is 19.6 Å². The Balaban J connectivity index is 1.78. The fourth-order valence-corrected chi connectivity index (χ4v) is 3.61. The highest BCUT2D eigenvalue weighted by molar-refractivity contribution is 5.70. The van der Waals surface area contributed by atoms with Crippen LogP contribution in [0.2, 0.25) is 0 Å². The van der Waals surface area contributed by atoms with Crippen LogP contribution in [0.1, 0.15) is 46.0 Å². The molecule has 1 unspecified atom stereocenters. The van der Waals surface area contributed by atoms with Gasteiger partial charge in [0.25, 0.3) is 0 Å². The van der Waals surface area contributed by atoms with E-state index in [-0.39, 0.29) is 5.92 Å². The summed E-state index contributed by atoms with van der Waals surface area (Å²) in [5.74, 6) is -0.322. The molecule has 2 rings (SSSR count). The number of carboxylic acids is 1. The normalized spacial score (nSPS) is 25.1. The predicted octanol–water partition coefficient (Wildman–Crippen LogP) is 2.61. The van der Waals surface area contributed by atoms with Crippen molar-refractivity contribution in [3.63, 3.8) is 0 Å². The van der Waals surface area contributed by atoms with E-state index >= 15 is 0 Å². The lowest BCUT2D eigenvalue weighted by atomic mass is 9.77. The van der Waals surface area contributed by atoms with Gasteiger partial charge in [0, 0.05) is 19.6 Å². The van der Waals surface area contributed by atoms with E-state index in [0.717, 1.165) is 26.1 Å². The molecule has 0 amide bonds. The predicted molar refractivity (Wildman–Crippen MR) is 67.9 cm³/mol. The van der Waals surface area contributed by atoms with E-state index in [1.54, 1.807) is 0 Å². The van der Waals surface area contributed by atoms with Gasteiger partial charge in [0.2, 0.25) is 0 Å². The van der Waals surface area contributed by atoms with Gasteiger partial charge in [-0.3, -0.25) is 4.79 Å². The Morgan fingerprint density at radius 2 is 1.88 bits per heavy atom. The van der Waals surface area contributed by atoms with E-state index in [0.29, 0.717) is 11.3 Å². The molecule has 1 aliphatic heterocycles. The molecule has 0 aromatic carbocycles. The molecule has 1 aliphatic carbocycles. The molecule has 1 saturated heterocycles. The average Bonchev–Trinajstić information content (AvgIpc) is 2.63. The zero-order chi connectivity index (χ0) is 12.5. The van der Waals surface area contributed by atoms with Crippen LogP contribution < -0.4 is 0 Å². The quantitative estimate of drug-likeness (QED) is 0.801. The van der Waals surface area contributed by atoms with Gasteiger partial charge in [0.15, 0.2) is 0 Å². The molecule has 1 saturated carbocycles. The Labute approximate surface area is 104 Å². The highest BCUT2D eigenvalue weighted by Gasteiger charge is 2.45. The molecule has 3 heteroatoms. The molecule has 1 spiro atoms. The van der Waals surface area contributed by atoms with Crippen LogP contribution in [0, 0.1) is 17.3 Å². The highest BCUT2D eigenvalue weighted by Crippen LogP contribution is 2.45. The van der Waals surface area contributed by atoms with Crippen LogP contribution in [0.5, 0.6) is 0 Å². The number of likely N-dealkylation sites (tertiary alicyclic amines) is 1. The van der Waals surface area contributed by atoms with E-state index in [9.17, 15) is 9.90 Å². The van der Waals surface area contributed by atoms with Gasteiger partial charge in [-0.1, -0.05) is 26.7 Å². The summed E-state index contributed by atoms with van der Waals surface area (Å²) in [5.41, 5.74) is 0.584. The Morgan fingerprint density at radius 1 is 1.29 bits per heavy atom. The number of carbonyl (C=O) groups is 1. The van der Waals surface area contributed by atoms with Gasteiger partial charge in [-0.25, -0.2) is 0 Å². The van der Waals surface area contributed by atoms with Crippen molar-refractivity contribution in [3.8, 4) is 0 Å². The first kappa shape index (κ1) is 12.9. The molecule has 1 atom stereocenters. The van der Waals surface area contributed by atoms with E-state index < -0.39 is 5.97 Å². The van der Waals surface area contributed by atoms with Crippen LogP contribution in [-0.4, -0.2) is 35.6 Å². The Hall–Kier alpha value is -0.570. The van der Waals surface area contributed by atoms with Crippen LogP contribution in [-0.2, 0) is 4.79 Å². The molecule has 3 nitrogen and oxygen atoms in total. The first-order valence-corrected chi connectivity index (χ1v) is 6.96. The molecule has 1 N–H and O–H groups in total. The van der Waals surface area contributed by atoms with Crippen LogP contribution in [0.25, 0.3) is 0 Å². The third-order valence-corrected chi connectivity index (χ3v) is 4.37. The van der Waals surface area contributed by atoms with Gasteiger partial charge in [-0.05, 0) is 30.6 Å². The third-order valence-electron chi connectivity index (χ3n) is 4.37. The summed E-state index contributed by atoms with van der Waals surface area (Å²) >= 11 is 0. The van der Waals surface area contributed by atoms with Gasteiger partial charge in [0.05, 0.1) is 5.92 Å². The topological polar surface area (TPSA) is 40.5 Å². The molecule has 2 fully saturated rings.